The van der Waals surface area contributed by atoms with E-state index in [1.807, 2.05) is 24.3 Å². The summed E-state index contributed by atoms with van der Waals surface area (Å²) in [5.74, 6) is 0.696. The highest BCUT2D eigenvalue weighted by atomic mass is 16.5. The third-order valence-corrected chi connectivity index (χ3v) is 1.80. The molecule has 1 aromatic heterocycles. The van der Waals surface area contributed by atoms with Gasteiger partial charge in [0.15, 0.2) is 5.75 Å². The normalized spacial score (nSPS) is 10.1. The molecule has 1 heterocycles. The third kappa shape index (κ3) is 1.39. The van der Waals surface area contributed by atoms with Gasteiger partial charge in [-0.05, 0) is 10.7 Å². The van der Waals surface area contributed by atoms with E-state index in [0.29, 0.717) is 5.75 Å². The van der Waals surface area contributed by atoms with Crippen LogP contribution in [0, 0.1) is 0 Å². The Morgan fingerprint density at radius 2 is 2.21 bits per heavy atom. The third-order valence-electron chi connectivity index (χ3n) is 1.80. The predicted molar refractivity (Wildman–Crippen MR) is 48.6 cm³/mol. The molecule has 0 bridgehead atoms. The minimum absolute atomic E-state index is 0.0101. The minimum Gasteiger partial charge on any atom is -0.660 e. The Labute approximate surface area is 80.7 Å². The first-order chi connectivity index (χ1) is 6.81. The molecule has 0 atom stereocenters. The van der Waals surface area contributed by atoms with Gasteiger partial charge in [-0.15, -0.1) is 0 Å². The predicted octanol–water partition coefficient (Wildman–Crippen LogP) is 1.64. The number of benzene rings is 1. The molecule has 0 amide bonds. The number of para-hydroxylation sites is 2. The number of hydrogen-bond donors (Lipinski definition) is 0. The van der Waals surface area contributed by atoms with Gasteiger partial charge in [-0.25, -0.2) is 0 Å². The molecule has 0 spiro atoms. The number of ether oxygens (including phenoxy) is 1. The molecule has 5 nitrogen and oxygen atoms in total. The standard InChI is InChI=1S/C9H9N3O2/c1-13-8-5-3-2-4-7(8)12-6-9(10)14-11-12/h2-6,10H,1H3. The Morgan fingerprint density at radius 3 is 2.86 bits per heavy atom. The zero-order chi connectivity index (χ0) is 9.97. The van der Waals surface area contributed by atoms with Gasteiger partial charge in [-0.1, -0.05) is 12.1 Å². The van der Waals surface area contributed by atoms with Gasteiger partial charge in [0.05, 0.1) is 7.11 Å². The van der Waals surface area contributed by atoms with Crippen molar-refractivity contribution in [1.29, 1.82) is 0 Å². The topological polar surface area (TPSA) is 62.9 Å². The molecule has 1 aromatic carbocycles. The molecule has 0 aliphatic carbocycles. The molecule has 0 radical (unpaired) electrons. The van der Waals surface area contributed by atoms with Crippen molar-refractivity contribution in [3.8, 4) is 11.4 Å². The fraction of sp³-hybridized carbons (Fsp3) is 0.111. The first-order valence-corrected chi connectivity index (χ1v) is 4.05. The lowest BCUT2D eigenvalue weighted by Crippen LogP contribution is -2.31. The summed E-state index contributed by atoms with van der Waals surface area (Å²) < 4.78 is 11.2. The van der Waals surface area contributed by atoms with E-state index in [-0.39, 0.29) is 5.88 Å². The Hall–Kier alpha value is -2.04. The molecule has 72 valence electrons. The average molecular weight is 191 g/mol. The largest absolute Gasteiger partial charge is 0.660 e. The summed E-state index contributed by atoms with van der Waals surface area (Å²) in [4.78, 5) is 0. The summed E-state index contributed by atoms with van der Waals surface area (Å²) in [6, 6.07) is 7.38. The van der Waals surface area contributed by atoms with Crippen LogP contribution in [0.4, 0.5) is 5.88 Å². The fourth-order valence-electron chi connectivity index (χ4n) is 1.18. The summed E-state index contributed by atoms with van der Waals surface area (Å²) in [5.41, 5.74) is 7.95. The summed E-state index contributed by atoms with van der Waals surface area (Å²) in [6.07, 6.45) is 1.47. The monoisotopic (exact) mass is 191 g/mol. The average Bonchev–Trinajstić information content (AvgIpc) is 2.65. The van der Waals surface area contributed by atoms with Gasteiger partial charge in [-0.2, -0.15) is 0 Å². The van der Waals surface area contributed by atoms with Crippen molar-refractivity contribution in [2.45, 2.75) is 0 Å². The van der Waals surface area contributed by atoms with Crippen LogP contribution in [0.15, 0.2) is 35.0 Å². The van der Waals surface area contributed by atoms with E-state index in [4.69, 9.17) is 10.5 Å². The molecule has 5 heteroatoms. The molecule has 1 N–H and O–H groups in total. The van der Waals surface area contributed by atoms with Gasteiger partial charge in [0, 0.05) is 6.07 Å². The van der Waals surface area contributed by atoms with Crippen molar-refractivity contribution in [1.82, 2.24) is 5.27 Å². The minimum atomic E-state index is 0.0101. The van der Waals surface area contributed by atoms with Gasteiger partial charge in [0.2, 0.25) is 11.5 Å². The Morgan fingerprint density at radius 1 is 1.43 bits per heavy atom. The summed E-state index contributed by atoms with van der Waals surface area (Å²) in [6.45, 7) is 0. The van der Waals surface area contributed by atoms with Gasteiger partial charge in [0.1, 0.15) is 5.88 Å². The SMILES string of the molecule is COc1ccccc1-[n+]1cc([NH-])on1. The number of methoxy groups -OCH3 is 1. The van der Waals surface area contributed by atoms with Crippen LogP contribution in [-0.4, -0.2) is 12.4 Å². The van der Waals surface area contributed by atoms with Gasteiger partial charge < -0.3 is 15.0 Å². The van der Waals surface area contributed by atoms with Crippen LogP contribution in [0.1, 0.15) is 0 Å². The lowest BCUT2D eigenvalue weighted by atomic mass is 10.3. The summed E-state index contributed by atoms with van der Waals surface area (Å²) in [7, 11) is 1.58. The first kappa shape index (κ1) is 8.55. The second-order valence-electron chi connectivity index (χ2n) is 2.68. The molecule has 14 heavy (non-hydrogen) atoms. The zero-order valence-corrected chi connectivity index (χ0v) is 7.60. The Balaban J connectivity index is 2.50. The molecule has 0 aliphatic rings. The number of nitrogens with zero attached hydrogens (tertiary/aromatic N) is 2. The van der Waals surface area contributed by atoms with Crippen molar-refractivity contribution in [2.24, 2.45) is 0 Å². The Bertz CT molecular complexity index is 439. The molecule has 0 aliphatic heterocycles. The van der Waals surface area contributed by atoms with Crippen LogP contribution in [0.25, 0.3) is 11.4 Å². The highest BCUT2D eigenvalue weighted by Gasteiger charge is 2.15. The molecule has 2 aromatic rings. The molecule has 0 saturated heterocycles. The number of aromatic nitrogens is 2. The lowest BCUT2D eigenvalue weighted by molar-refractivity contribution is -0.670. The molecular weight excluding hydrogens is 182 g/mol. The quantitative estimate of drug-likeness (QED) is 0.678. The van der Waals surface area contributed by atoms with Crippen molar-refractivity contribution in [3.05, 3.63) is 36.2 Å². The van der Waals surface area contributed by atoms with Crippen LogP contribution < -0.4 is 9.42 Å². The highest BCUT2D eigenvalue weighted by molar-refractivity contribution is 5.39. The summed E-state index contributed by atoms with van der Waals surface area (Å²) >= 11 is 0. The fourth-order valence-corrected chi connectivity index (χ4v) is 1.18. The molecule has 0 unspecified atom stereocenters. The highest BCUT2D eigenvalue weighted by Crippen LogP contribution is 2.17. The summed E-state index contributed by atoms with van der Waals surface area (Å²) in [5, 5.41) is 3.67. The van der Waals surface area contributed by atoms with Crippen LogP contribution >= 0.6 is 0 Å². The number of rotatable bonds is 2. The molecule has 0 saturated carbocycles. The lowest BCUT2D eigenvalue weighted by Gasteiger charge is -1.97. The van der Waals surface area contributed by atoms with E-state index < -0.39 is 0 Å². The van der Waals surface area contributed by atoms with E-state index >= 15 is 0 Å². The maximum absolute atomic E-state index is 7.20. The molecule has 2 rings (SSSR count). The zero-order valence-electron chi connectivity index (χ0n) is 7.60. The number of hydrogen-bond acceptors (Lipinski definition) is 3. The van der Waals surface area contributed by atoms with Gasteiger partial charge in [0.25, 0.3) is 5.69 Å². The van der Waals surface area contributed by atoms with Crippen LogP contribution in [0.2, 0.25) is 0 Å². The van der Waals surface area contributed by atoms with Gasteiger partial charge >= 0.3 is 0 Å². The molecule has 0 fully saturated rings. The van der Waals surface area contributed by atoms with E-state index in [1.54, 1.807) is 7.11 Å². The van der Waals surface area contributed by atoms with E-state index in [9.17, 15) is 0 Å². The van der Waals surface area contributed by atoms with E-state index in [0.717, 1.165) is 5.69 Å². The maximum atomic E-state index is 7.20. The Kier molecular flexibility index (Phi) is 2.06. The second kappa shape index (κ2) is 3.37. The first-order valence-electron chi connectivity index (χ1n) is 4.05. The van der Waals surface area contributed by atoms with Crippen molar-refractivity contribution in [2.75, 3.05) is 7.11 Å². The van der Waals surface area contributed by atoms with Gasteiger partial charge in [-0.3, -0.25) is 0 Å². The van der Waals surface area contributed by atoms with Crippen LogP contribution in [0.5, 0.6) is 5.75 Å². The van der Waals surface area contributed by atoms with Crippen LogP contribution in [0.3, 0.4) is 0 Å². The smallest absolute Gasteiger partial charge is 0.283 e. The van der Waals surface area contributed by atoms with Crippen LogP contribution in [-0.2, 0) is 0 Å². The maximum Gasteiger partial charge on any atom is 0.283 e. The second-order valence-corrected chi connectivity index (χ2v) is 2.68. The van der Waals surface area contributed by atoms with Crippen molar-refractivity contribution in [3.63, 3.8) is 0 Å². The number of nitrogens with one attached hydrogen (secondary N) is 1. The van der Waals surface area contributed by atoms with Crippen molar-refractivity contribution < 1.29 is 13.9 Å². The van der Waals surface area contributed by atoms with E-state index in [2.05, 4.69) is 9.79 Å². The molecular formula is C9H9N3O2. The van der Waals surface area contributed by atoms with Crippen molar-refractivity contribution >= 4 is 5.88 Å². The van der Waals surface area contributed by atoms with E-state index in [1.165, 1.54) is 10.9 Å².